The van der Waals surface area contributed by atoms with Gasteiger partial charge in [0.05, 0.1) is 17.4 Å². The number of ether oxygens (including phenoxy) is 1. The number of anilines is 1. The maximum absolute atomic E-state index is 10.9. The van der Waals surface area contributed by atoms with Crippen molar-refractivity contribution in [3.05, 3.63) is 29.3 Å². The Kier molecular flexibility index (Phi) is 2.88. The molecule has 0 unspecified atom stereocenters. The maximum atomic E-state index is 10.9. The van der Waals surface area contributed by atoms with Crippen molar-refractivity contribution in [1.82, 2.24) is 0 Å². The standard InChI is InChI=1S/C12H12N2O2/c1-16-11-6-14(7-11)12-9(5-13)3-2-4-10(12)8-15/h2-4,8,11H,6-7H2,1H3. The number of aldehydes is 1. The molecule has 0 aromatic heterocycles. The number of carbonyl (C=O) groups excluding carboxylic acids is 1. The van der Waals surface area contributed by atoms with E-state index in [4.69, 9.17) is 10.00 Å². The van der Waals surface area contributed by atoms with Crippen LogP contribution >= 0.6 is 0 Å². The van der Waals surface area contributed by atoms with Crippen LogP contribution in [0.3, 0.4) is 0 Å². The molecule has 1 saturated heterocycles. The molecule has 0 spiro atoms. The molecule has 0 atom stereocenters. The Bertz CT molecular complexity index is 445. The van der Waals surface area contributed by atoms with Gasteiger partial charge in [0, 0.05) is 25.8 Å². The molecule has 16 heavy (non-hydrogen) atoms. The Hall–Kier alpha value is -1.86. The monoisotopic (exact) mass is 216 g/mol. The van der Waals surface area contributed by atoms with Crippen molar-refractivity contribution in [1.29, 1.82) is 5.26 Å². The van der Waals surface area contributed by atoms with Crippen molar-refractivity contribution in [2.24, 2.45) is 0 Å². The minimum atomic E-state index is 0.200. The number of nitrogens with zero attached hydrogens (tertiary/aromatic N) is 2. The van der Waals surface area contributed by atoms with Crippen LogP contribution in [0.15, 0.2) is 18.2 Å². The zero-order chi connectivity index (χ0) is 11.5. The smallest absolute Gasteiger partial charge is 0.152 e. The summed E-state index contributed by atoms with van der Waals surface area (Å²) in [5.74, 6) is 0. The van der Waals surface area contributed by atoms with Gasteiger partial charge in [0.1, 0.15) is 6.07 Å². The van der Waals surface area contributed by atoms with Crippen molar-refractivity contribution in [2.45, 2.75) is 6.10 Å². The normalized spacial score (nSPS) is 15.4. The molecule has 1 fully saturated rings. The van der Waals surface area contributed by atoms with E-state index in [-0.39, 0.29) is 6.10 Å². The van der Waals surface area contributed by atoms with E-state index in [2.05, 4.69) is 6.07 Å². The summed E-state index contributed by atoms with van der Waals surface area (Å²) in [6.07, 6.45) is 0.988. The number of methoxy groups -OCH3 is 1. The molecule has 0 saturated carbocycles. The summed E-state index contributed by atoms with van der Waals surface area (Å²) in [5, 5.41) is 9.01. The fraction of sp³-hybridized carbons (Fsp3) is 0.333. The zero-order valence-electron chi connectivity index (χ0n) is 9.01. The predicted octanol–water partition coefficient (Wildman–Crippen LogP) is 1.21. The van der Waals surface area contributed by atoms with Crippen LogP contribution < -0.4 is 4.90 Å². The minimum Gasteiger partial charge on any atom is -0.378 e. The second-order valence-corrected chi connectivity index (χ2v) is 3.74. The highest BCUT2D eigenvalue weighted by Gasteiger charge is 2.29. The van der Waals surface area contributed by atoms with E-state index in [9.17, 15) is 4.79 Å². The summed E-state index contributed by atoms with van der Waals surface area (Å²) < 4.78 is 5.17. The quantitative estimate of drug-likeness (QED) is 0.712. The van der Waals surface area contributed by atoms with Gasteiger partial charge in [-0.3, -0.25) is 4.79 Å². The molecule has 1 aromatic carbocycles. The molecule has 1 aliphatic rings. The third kappa shape index (κ3) is 1.66. The molecule has 0 bridgehead atoms. The van der Waals surface area contributed by atoms with Crippen LogP contribution in [0, 0.1) is 11.3 Å². The fourth-order valence-corrected chi connectivity index (χ4v) is 1.87. The molecule has 1 aromatic rings. The molecule has 1 aliphatic heterocycles. The summed E-state index contributed by atoms with van der Waals surface area (Å²) in [6, 6.07) is 7.28. The molecular formula is C12H12N2O2. The first-order chi connectivity index (χ1) is 7.80. The van der Waals surface area contributed by atoms with Crippen LogP contribution in [0.5, 0.6) is 0 Å². The van der Waals surface area contributed by atoms with Gasteiger partial charge in [-0.25, -0.2) is 0 Å². The van der Waals surface area contributed by atoms with Crippen LogP contribution in [0.4, 0.5) is 5.69 Å². The highest BCUT2D eigenvalue weighted by atomic mass is 16.5. The lowest BCUT2D eigenvalue weighted by atomic mass is 10.0. The largest absolute Gasteiger partial charge is 0.378 e. The van der Waals surface area contributed by atoms with Crippen LogP contribution in [-0.4, -0.2) is 32.6 Å². The van der Waals surface area contributed by atoms with Crippen molar-refractivity contribution in [3.63, 3.8) is 0 Å². The van der Waals surface area contributed by atoms with Crippen LogP contribution in [0.2, 0.25) is 0 Å². The third-order valence-electron chi connectivity index (χ3n) is 2.81. The van der Waals surface area contributed by atoms with Crippen molar-refractivity contribution < 1.29 is 9.53 Å². The third-order valence-corrected chi connectivity index (χ3v) is 2.81. The van der Waals surface area contributed by atoms with E-state index < -0.39 is 0 Å². The fourth-order valence-electron chi connectivity index (χ4n) is 1.87. The Morgan fingerprint density at radius 1 is 1.56 bits per heavy atom. The molecule has 82 valence electrons. The maximum Gasteiger partial charge on any atom is 0.152 e. The molecule has 4 nitrogen and oxygen atoms in total. The first-order valence-electron chi connectivity index (χ1n) is 5.06. The van der Waals surface area contributed by atoms with Gasteiger partial charge in [-0.2, -0.15) is 5.26 Å². The van der Waals surface area contributed by atoms with Gasteiger partial charge < -0.3 is 9.64 Å². The van der Waals surface area contributed by atoms with Crippen molar-refractivity contribution in [3.8, 4) is 6.07 Å². The van der Waals surface area contributed by atoms with Gasteiger partial charge in [-0.05, 0) is 12.1 Å². The minimum absolute atomic E-state index is 0.200. The SMILES string of the molecule is COC1CN(c2c(C#N)cccc2C=O)C1. The number of nitriles is 1. The van der Waals surface area contributed by atoms with Crippen LogP contribution in [0.25, 0.3) is 0 Å². The Labute approximate surface area is 94.0 Å². The molecule has 2 rings (SSSR count). The van der Waals surface area contributed by atoms with Crippen molar-refractivity contribution >= 4 is 12.0 Å². The zero-order valence-corrected chi connectivity index (χ0v) is 9.01. The first-order valence-corrected chi connectivity index (χ1v) is 5.06. The lowest BCUT2D eigenvalue weighted by Gasteiger charge is -2.40. The van der Waals surface area contributed by atoms with E-state index in [1.165, 1.54) is 0 Å². The van der Waals surface area contributed by atoms with E-state index in [1.54, 1.807) is 25.3 Å². The lowest BCUT2D eigenvalue weighted by Crippen LogP contribution is -2.52. The lowest BCUT2D eigenvalue weighted by molar-refractivity contribution is 0.0785. The molecule has 0 amide bonds. The Morgan fingerprint density at radius 3 is 2.88 bits per heavy atom. The van der Waals surface area contributed by atoms with E-state index >= 15 is 0 Å². The topological polar surface area (TPSA) is 53.3 Å². The average Bonchev–Trinajstić information content (AvgIpc) is 2.27. The summed E-state index contributed by atoms with van der Waals surface area (Å²) in [6.45, 7) is 1.46. The summed E-state index contributed by atoms with van der Waals surface area (Å²) >= 11 is 0. The molecule has 0 aliphatic carbocycles. The Morgan fingerprint density at radius 2 is 2.31 bits per heavy atom. The molecule has 4 heteroatoms. The number of rotatable bonds is 3. The van der Waals surface area contributed by atoms with Gasteiger partial charge in [-0.15, -0.1) is 0 Å². The highest BCUT2D eigenvalue weighted by Crippen LogP contribution is 2.28. The Balaban J connectivity index is 2.32. The summed E-state index contributed by atoms with van der Waals surface area (Å²) in [4.78, 5) is 12.9. The van der Waals surface area contributed by atoms with Crippen LogP contribution in [0.1, 0.15) is 15.9 Å². The van der Waals surface area contributed by atoms with E-state index in [0.29, 0.717) is 11.1 Å². The van der Waals surface area contributed by atoms with Crippen molar-refractivity contribution in [2.75, 3.05) is 25.1 Å². The van der Waals surface area contributed by atoms with Crippen LogP contribution in [-0.2, 0) is 4.74 Å². The van der Waals surface area contributed by atoms with Gasteiger partial charge in [-0.1, -0.05) is 6.07 Å². The van der Waals surface area contributed by atoms with Gasteiger partial charge in [0.15, 0.2) is 6.29 Å². The molecule has 0 N–H and O–H groups in total. The van der Waals surface area contributed by atoms with E-state index in [0.717, 1.165) is 25.1 Å². The summed E-state index contributed by atoms with van der Waals surface area (Å²) in [5.41, 5.74) is 1.83. The molecule has 1 heterocycles. The number of benzene rings is 1. The number of hydrogen-bond acceptors (Lipinski definition) is 4. The second kappa shape index (κ2) is 4.33. The van der Waals surface area contributed by atoms with Gasteiger partial charge in [0.2, 0.25) is 0 Å². The van der Waals surface area contributed by atoms with Gasteiger partial charge in [0.25, 0.3) is 0 Å². The van der Waals surface area contributed by atoms with E-state index in [1.807, 2.05) is 4.90 Å². The first kappa shape index (κ1) is 10.7. The number of hydrogen-bond donors (Lipinski definition) is 0. The number of carbonyl (C=O) groups is 1. The predicted molar refractivity (Wildman–Crippen MR) is 59.6 cm³/mol. The number of para-hydroxylation sites is 1. The molecular weight excluding hydrogens is 204 g/mol. The molecule has 0 radical (unpaired) electrons. The summed E-state index contributed by atoms with van der Waals surface area (Å²) in [7, 11) is 1.67. The highest BCUT2D eigenvalue weighted by molar-refractivity contribution is 5.87. The van der Waals surface area contributed by atoms with Gasteiger partial charge >= 0.3 is 0 Å². The average molecular weight is 216 g/mol. The second-order valence-electron chi connectivity index (χ2n) is 3.74.